The van der Waals surface area contributed by atoms with Crippen LogP contribution in [0.3, 0.4) is 0 Å². The molecule has 2 atom stereocenters. The number of rotatable bonds is 5. The number of aliphatic hydroxyl groups is 1. The van der Waals surface area contributed by atoms with E-state index in [0.717, 1.165) is 26.2 Å². The predicted molar refractivity (Wildman–Crippen MR) is 54.8 cm³/mol. The summed E-state index contributed by atoms with van der Waals surface area (Å²) in [5.74, 6) is 0. The second-order valence-electron chi connectivity index (χ2n) is 3.99. The summed E-state index contributed by atoms with van der Waals surface area (Å²) in [6.07, 6.45) is 2.20. The second-order valence-corrected chi connectivity index (χ2v) is 3.99. The molecule has 1 aliphatic rings. The van der Waals surface area contributed by atoms with Crippen molar-refractivity contribution < 1.29 is 5.11 Å². The van der Waals surface area contributed by atoms with Gasteiger partial charge in [-0.3, -0.25) is 4.90 Å². The van der Waals surface area contributed by atoms with Crippen molar-refractivity contribution in [2.24, 2.45) is 0 Å². The van der Waals surface area contributed by atoms with Gasteiger partial charge < -0.3 is 10.4 Å². The highest BCUT2D eigenvalue weighted by Crippen LogP contribution is 2.09. The lowest BCUT2D eigenvalue weighted by atomic mass is 10.2. The monoisotopic (exact) mass is 186 g/mol. The van der Waals surface area contributed by atoms with Crippen LogP contribution >= 0.6 is 0 Å². The molecule has 1 unspecified atom stereocenters. The molecule has 0 aliphatic carbocycles. The van der Waals surface area contributed by atoms with Crippen molar-refractivity contribution in [3.05, 3.63) is 0 Å². The maximum Gasteiger partial charge on any atom is 0.0639 e. The molecule has 1 saturated heterocycles. The number of hydrogen-bond acceptors (Lipinski definition) is 3. The Morgan fingerprint density at radius 1 is 1.62 bits per heavy atom. The third-order valence-corrected chi connectivity index (χ3v) is 2.56. The van der Waals surface area contributed by atoms with Crippen LogP contribution in [0.1, 0.15) is 26.7 Å². The Bertz CT molecular complexity index is 133. The van der Waals surface area contributed by atoms with Crippen molar-refractivity contribution in [3.63, 3.8) is 0 Å². The summed E-state index contributed by atoms with van der Waals surface area (Å²) in [6.45, 7) is 8.21. The standard InChI is InChI=1S/C10H22N2O/c1-3-6-12(8-9(2)13)10-4-5-11-7-10/h9-11,13H,3-8H2,1-2H3/t9-,10?/m1/s1. The molecule has 0 amide bonds. The topological polar surface area (TPSA) is 35.5 Å². The van der Waals surface area contributed by atoms with Crippen molar-refractivity contribution in [2.45, 2.75) is 38.8 Å². The first-order chi connectivity index (χ1) is 6.24. The SMILES string of the molecule is CCCN(C[C@@H](C)O)C1CCNC1. The molecule has 1 fully saturated rings. The average molecular weight is 186 g/mol. The van der Waals surface area contributed by atoms with E-state index in [4.69, 9.17) is 0 Å². The third-order valence-electron chi connectivity index (χ3n) is 2.56. The fourth-order valence-corrected chi connectivity index (χ4v) is 2.00. The van der Waals surface area contributed by atoms with Crippen LogP contribution in [0, 0.1) is 0 Å². The highest BCUT2D eigenvalue weighted by atomic mass is 16.3. The summed E-state index contributed by atoms with van der Waals surface area (Å²) in [7, 11) is 0. The van der Waals surface area contributed by atoms with E-state index in [1.807, 2.05) is 6.92 Å². The zero-order valence-electron chi connectivity index (χ0n) is 8.79. The van der Waals surface area contributed by atoms with Gasteiger partial charge in [0.05, 0.1) is 6.10 Å². The van der Waals surface area contributed by atoms with Gasteiger partial charge in [-0.25, -0.2) is 0 Å². The van der Waals surface area contributed by atoms with E-state index < -0.39 is 0 Å². The fourth-order valence-electron chi connectivity index (χ4n) is 2.00. The van der Waals surface area contributed by atoms with Gasteiger partial charge in [-0.05, 0) is 32.9 Å². The molecule has 0 radical (unpaired) electrons. The van der Waals surface area contributed by atoms with Gasteiger partial charge >= 0.3 is 0 Å². The molecule has 78 valence electrons. The van der Waals surface area contributed by atoms with E-state index >= 15 is 0 Å². The highest BCUT2D eigenvalue weighted by Gasteiger charge is 2.22. The van der Waals surface area contributed by atoms with Crippen LogP contribution in [0.2, 0.25) is 0 Å². The van der Waals surface area contributed by atoms with Crippen LogP contribution < -0.4 is 5.32 Å². The van der Waals surface area contributed by atoms with Crippen molar-refractivity contribution in [2.75, 3.05) is 26.2 Å². The fraction of sp³-hybridized carbons (Fsp3) is 1.00. The zero-order chi connectivity index (χ0) is 9.68. The Morgan fingerprint density at radius 2 is 2.38 bits per heavy atom. The van der Waals surface area contributed by atoms with Crippen LogP contribution in [0.25, 0.3) is 0 Å². The minimum absolute atomic E-state index is 0.202. The number of aliphatic hydroxyl groups excluding tert-OH is 1. The maximum absolute atomic E-state index is 9.35. The molecule has 2 N–H and O–H groups in total. The molecule has 0 aromatic rings. The lowest BCUT2D eigenvalue weighted by Crippen LogP contribution is -2.41. The summed E-state index contributed by atoms with van der Waals surface area (Å²) in [5, 5.41) is 12.7. The van der Waals surface area contributed by atoms with E-state index in [9.17, 15) is 5.11 Å². The minimum atomic E-state index is -0.202. The molecular weight excluding hydrogens is 164 g/mol. The Balaban J connectivity index is 2.35. The van der Waals surface area contributed by atoms with Crippen LogP contribution in [-0.2, 0) is 0 Å². The summed E-state index contributed by atoms with van der Waals surface area (Å²) < 4.78 is 0. The van der Waals surface area contributed by atoms with Crippen LogP contribution in [0.4, 0.5) is 0 Å². The molecule has 1 rings (SSSR count). The maximum atomic E-state index is 9.35. The smallest absolute Gasteiger partial charge is 0.0639 e. The molecule has 0 aromatic heterocycles. The molecule has 0 spiro atoms. The molecule has 3 nitrogen and oxygen atoms in total. The summed E-state index contributed by atoms with van der Waals surface area (Å²) in [6, 6.07) is 0.648. The van der Waals surface area contributed by atoms with Crippen molar-refractivity contribution in [3.8, 4) is 0 Å². The van der Waals surface area contributed by atoms with E-state index in [-0.39, 0.29) is 6.10 Å². The average Bonchev–Trinajstić information content (AvgIpc) is 2.54. The summed E-state index contributed by atoms with van der Waals surface area (Å²) >= 11 is 0. The van der Waals surface area contributed by atoms with E-state index in [1.54, 1.807) is 0 Å². The Morgan fingerprint density at radius 3 is 2.85 bits per heavy atom. The van der Waals surface area contributed by atoms with Crippen molar-refractivity contribution in [1.82, 2.24) is 10.2 Å². The van der Waals surface area contributed by atoms with Gasteiger partial charge in [0.25, 0.3) is 0 Å². The molecule has 1 heterocycles. The summed E-state index contributed by atoms with van der Waals surface area (Å²) in [5.41, 5.74) is 0. The molecule has 13 heavy (non-hydrogen) atoms. The van der Waals surface area contributed by atoms with Gasteiger partial charge in [-0.2, -0.15) is 0 Å². The molecule has 0 saturated carbocycles. The first-order valence-corrected chi connectivity index (χ1v) is 5.37. The van der Waals surface area contributed by atoms with Crippen molar-refractivity contribution in [1.29, 1.82) is 0 Å². The van der Waals surface area contributed by atoms with Gasteiger partial charge in [0.15, 0.2) is 0 Å². The largest absolute Gasteiger partial charge is 0.392 e. The van der Waals surface area contributed by atoms with E-state index in [2.05, 4.69) is 17.1 Å². The zero-order valence-corrected chi connectivity index (χ0v) is 8.79. The molecular formula is C10H22N2O. The van der Waals surface area contributed by atoms with Crippen molar-refractivity contribution >= 4 is 0 Å². The normalized spacial score (nSPS) is 25.4. The second kappa shape index (κ2) is 5.58. The van der Waals surface area contributed by atoms with Gasteiger partial charge in [0, 0.05) is 19.1 Å². The van der Waals surface area contributed by atoms with Crippen LogP contribution in [-0.4, -0.2) is 48.3 Å². The van der Waals surface area contributed by atoms with E-state index in [1.165, 1.54) is 12.8 Å². The van der Waals surface area contributed by atoms with Gasteiger partial charge in [0.1, 0.15) is 0 Å². The lowest BCUT2D eigenvalue weighted by molar-refractivity contribution is 0.103. The first-order valence-electron chi connectivity index (χ1n) is 5.37. The van der Waals surface area contributed by atoms with Gasteiger partial charge in [-0.15, -0.1) is 0 Å². The molecule has 3 heteroatoms. The third kappa shape index (κ3) is 3.63. The number of hydrogen-bond donors (Lipinski definition) is 2. The first kappa shape index (κ1) is 11.0. The molecule has 0 bridgehead atoms. The van der Waals surface area contributed by atoms with E-state index in [0.29, 0.717) is 6.04 Å². The molecule has 1 aliphatic heterocycles. The highest BCUT2D eigenvalue weighted by molar-refractivity contribution is 4.81. The number of nitrogens with zero attached hydrogens (tertiary/aromatic N) is 1. The lowest BCUT2D eigenvalue weighted by Gasteiger charge is -2.28. The summed E-state index contributed by atoms with van der Waals surface area (Å²) in [4.78, 5) is 2.41. The van der Waals surface area contributed by atoms with Gasteiger partial charge in [-0.1, -0.05) is 6.92 Å². The number of nitrogens with one attached hydrogen (secondary N) is 1. The van der Waals surface area contributed by atoms with Crippen LogP contribution in [0.5, 0.6) is 0 Å². The Kier molecular flexibility index (Phi) is 4.70. The quantitative estimate of drug-likeness (QED) is 0.654. The Hall–Kier alpha value is -0.120. The Labute approximate surface area is 81.1 Å². The van der Waals surface area contributed by atoms with Crippen LogP contribution in [0.15, 0.2) is 0 Å². The predicted octanol–water partition coefficient (Wildman–Crippen LogP) is 0.441. The molecule has 0 aromatic carbocycles. The van der Waals surface area contributed by atoms with Gasteiger partial charge in [0.2, 0.25) is 0 Å². The minimum Gasteiger partial charge on any atom is -0.392 e.